The molecule has 1 aromatic rings. The van der Waals surface area contributed by atoms with Crippen molar-refractivity contribution in [3.8, 4) is 5.75 Å². The van der Waals surface area contributed by atoms with Crippen molar-refractivity contribution < 1.29 is 9.47 Å². The molecule has 0 unspecified atom stereocenters. The normalized spacial score (nSPS) is 13.1. The monoisotopic (exact) mass is 318 g/mol. The van der Waals surface area contributed by atoms with Crippen molar-refractivity contribution in [2.24, 2.45) is 5.41 Å². The Morgan fingerprint density at radius 1 is 1.09 bits per heavy atom. The number of allylic oxidation sites excluding steroid dienone is 1. The lowest BCUT2D eigenvalue weighted by Gasteiger charge is -2.24. The van der Waals surface area contributed by atoms with Gasteiger partial charge in [0.2, 0.25) is 0 Å². The van der Waals surface area contributed by atoms with E-state index in [0.29, 0.717) is 0 Å². The van der Waals surface area contributed by atoms with Crippen LogP contribution in [0.25, 0.3) is 6.08 Å². The van der Waals surface area contributed by atoms with E-state index in [2.05, 4.69) is 78.8 Å². The van der Waals surface area contributed by atoms with Gasteiger partial charge >= 0.3 is 0 Å². The molecule has 1 aromatic carbocycles. The molecule has 0 aromatic heterocycles. The summed E-state index contributed by atoms with van der Waals surface area (Å²) < 4.78 is 11.3. The van der Waals surface area contributed by atoms with E-state index in [9.17, 15) is 0 Å². The first-order valence-electron chi connectivity index (χ1n) is 8.52. The fourth-order valence-electron chi connectivity index (χ4n) is 2.29. The number of methoxy groups -OCH3 is 1. The van der Waals surface area contributed by atoms with Gasteiger partial charge in [0.25, 0.3) is 0 Å². The van der Waals surface area contributed by atoms with Crippen molar-refractivity contribution >= 4 is 6.08 Å². The molecule has 0 fully saturated rings. The van der Waals surface area contributed by atoms with Gasteiger partial charge in [-0.05, 0) is 48.8 Å². The van der Waals surface area contributed by atoms with Crippen LogP contribution in [0.3, 0.4) is 0 Å². The van der Waals surface area contributed by atoms with Gasteiger partial charge in [-0.2, -0.15) is 0 Å². The molecule has 23 heavy (non-hydrogen) atoms. The lowest BCUT2D eigenvalue weighted by atomic mass is 9.85. The van der Waals surface area contributed by atoms with Crippen molar-refractivity contribution in [1.82, 2.24) is 0 Å². The summed E-state index contributed by atoms with van der Waals surface area (Å²) in [5.74, 6) is 0.922. The number of rotatable bonds is 7. The highest BCUT2D eigenvalue weighted by Gasteiger charge is 2.18. The zero-order chi connectivity index (χ0) is 17.7. The summed E-state index contributed by atoms with van der Waals surface area (Å²) >= 11 is 0. The molecule has 0 atom stereocenters. The van der Waals surface area contributed by atoms with Gasteiger partial charge in [-0.1, -0.05) is 52.8 Å². The van der Waals surface area contributed by atoms with E-state index < -0.39 is 0 Å². The third-order valence-electron chi connectivity index (χ3n) is 3.87. The number of hydrogen-bond donors (Lipinski definition) is 0. The first kappa shape index (κ1) is 19.8. The molecule has 0 bridgehead atoms. The molecule has 0 saturated carbocycles. The van der Waals surface area contributed by atoms with E-state index in [1.807, 2.05) is 0 Å². The van der Waals surface area contributed by atoms with Crippen LogP contribution in [0.1, 0.15) is 66.0 Å². The summed E-state index contributed by atoms with van der Waals surface area (Å²) in [6, 6.07) is 6.44. The lowest BCUT2D eigenvalue weighted by Crippen LogP contribution is -2.21. The standard InChI is InChI=1S/C21H34O2/c1-16(2)23-15-21(6,7)13-9-10-17-14-18(20(3,4)5)11-12-19(17)22-8/h9-12,14,16H,13,15H2,1-8H3. The minimum Gasteiger partial charge on any atom is -0.496 e. The Morgan fingerprint density at radius 2 is 1.74 bits per heavy atom. The zero-order valence-electron chi connectivity index (χ0n) is 16.2. The number of hydrogen-bond acceptors (Lipinski definition) is 2. The topological polar surface area (TPSA) is 18.5 Å². The molecule has 2 nitrogen and oxygen atoms in total. The van der Waals surface area contributed by atoms with E-state index in [0.717, 1.165) is 24.3 Å². The Kier molecular flexibility index (Phi) is 6.88. The fourth-order valence-corrected chi connectivity index (χ4v) is 2.29. The van der Waals surface area contributed by atoms with E-state index >= 15 is 0 Å². The Morgan fingerprint density at radius 3 is 2.26 bits per heavy atom. The largest absolute Gasteiger partial charge is 0.496 e. The van der Waals surface area contributed by atoms with Gasteiger partial charge < -0.3 is 9.47 Å². The molecule has 130 valence electrons. The average Bonchev–Trinajstić information content (AvgIpc) is 2.44. The molecule has 0 spiro atoms. The van der Waals surface area contributed by atoms with E-state index in [-0.39, 0.29) is 16.9 Å². The van der Waals surface area contributed by atoms with Crippen LogP contribution < -0.4 is 4.74 Å². The molecule has 0 N–H and O–H groups in total. The first-order valence-corrected chi connectivity index (χ1v) is 8.52. The number of benzene rings is 1. The van der Waals surface area contributed by atoms with E-state index in [1.54, 1.807) is 7.11 Å². The predicted octanol–water partition coefficient (Wildman–Crippen LogP) is 5.85. The molecule has 0 saturated heterocycles. The molecule has 0 heterocycles. The summed E-state index contributed by atoms with van der Waals surface area (Å²) in [6.45, 7) is 16.1. The lowest BCUT2D eigenvalue weighted by molar-refractivity contribution is 0.0227. The second-order valence-corrected chi connectivity index (χ2v) is 8.34. The highest BCUT2D eigenvalue weighted by molar-refractivity contribution is 5.59. The zero-order valence-corrected chi connectivity index (χ0v) is 16.2. The SMILES string of the molecule is COc1ccc(C(C)(C)C)cc1C=CCC(C)(C)COC(C)C. The maximum atomic E-state index is 5.76. The predicted molar refractivity (Wildman–Crippen MR) is 100 cm³/mol. The average molecular weight is 319 g/mol. The third-order valence-corrected chi connectivity index (χ3v) is 3.87. The maximum absolute atomic E-state index is 5.76. The van der Waals surface area contributed by atoms with Gasteiger partial charge in [-0.3, -0.25) is 0 Å². The van der Waals surface area contributed by atoms with E-state index in [1.165, 1.54) is 5.56 Å². The van der Waals surface area contributed by atoms with Gasteiger partial charge in [0, 0.05) is 5.56 Å². The second-order valence-electron chi connectivity index (χ2n) is 8.34. The van der Waals surface area contributed by atoms with Crippen LogP contribution in [0.5, 0.6) is 5.75 Å². The molecular formula is C21H34O2. The summed E-state index contributed by atoms with van der Waals surface area (Å²) in [7, 11) is 1.73. The quantitative estimate of drug-likeness (QED) is 0.628. The Labute approximate surface area is 142 Å². The molecule has 0 aliphatic rings. The van der Waals surface area contributed by atoms with Crippen molar-refractivity contribution in [2.75, 3.05) is 13.7 Å². The summed E-state index contributed by atoms with van der Waals surface area (Å²) in [6.07, 6.45) is 5.66. The summed E-state index contributed by atoms with van der Waals surface area (Å²) in [4.78, 5) is 0. The maximum Gasteiger partial charge on any atom is 0.126 e. The fraction of sp³-hybridized carbons (Fsp3) is 0.619. The van der Waals surface area contributed by atoms with Crippen LogP contribution in [0.15, 0.2) is 24.3 Å². The minimum absolute atomic E-state index is 0.135. The Balaban J connectivity index is 2.86. The molecule has 2 heteroatoms. The van der Waals surface area contributed by atoms with Gasteiger partial charge in [0.15, 0.2) is 0 Å². The molecule has 0 aliphatic carbocycles. The molecular weight excluding hydrogens is 284 g/mol. The van der Waals surface area contributed by atoms with Gasteiger partial charge in [0.1, 0.15) is 5.75 Å². The van der Waals surface area contributed by atoms with Crippen LogP contribution >= 0.6 is 0 Å². The van der Waals surface area contributed by atoms with Gasteiger partial charge in [0.05, 0.1) is 19.8 Å². The highest BCUT2D eigenvalue weighted by Crippen LogP contribution is 2.29. The van der Waals surface area contributed by atoms with Crippen molar-refractivity contribution in [1.29, 1.82) is 0 Å². The van der Waals surface area contributed by atoms with Crippen LogP contribution in [0.2, 0.25) is 0 Å². The van der Waals surface area contributed by atoms with Gasteiger partial charge in [-0.15, -0.1) is 0 Å². The van der Waals surface area contributed by atoms with Crippen LogP contribution in [-0.4, -0.2) is 19.8 Å². The number of ether oxygens (including phenoxy) is 2. The first-order chi connectivity index (χ1) is 10.5. The molecule has 0 amide bonds. The molecule has 1 rings (SSSR count). The van der Waals surface area contributed by atoms with E-state index in [4.69, 9.17) is 9.47 Å². The van der Waals surface area contributed by atoms with Crippen LogP contribution in [0, 0.1) is 5.41 Å². The third kappa shape index (κ3) is 6.78. The minimum atomic E-state index is 0.135. The summed E-state index contributed by atoms with van der Waals surface area (Å²) in [5, 5.41) is 0. The van der Waals surface area contributed by atoms with Crippen molar-refractivity contribution in [3.05, 3.63) is 35.4 Å². The van der Waals surface area contributed by atoms with Crippen molar-refractivity contribution in [2.45, 2.75) is 66.4 Å². The van der Waals surface area contributed by atoms with Crippen molar-refractivity contribution in [3.63, 3.8) is 0 Å². The van der Waals surface area contributed by atoms with Crippen LogP contribution in [-0.2, 0) is 10.2 Å². The second kappa shape index (κ2) is 8.01. The summed E-state index contributed by atoms with van der Waals surface area (Å²) in [5.41, 5.74) is 2.73. The molecule has 0 radical (unpaired) electrons. The van der Waals surface area contributed by atoms with Gasteiger partial charge in [-0.25, -0.2) is 0 Å². The Bertz CT molecular complexity index is 519. The smallest absolute Gasteiger partial charge is 0.126 e. The molecule has 0 aliphatic heterocycles. The Hall–Kier alpha value is -1.28. The van der Waals surface area contributed by atoms with Crippen LogP contribution in [0.4, 0.5) is 0 Å². The highest BCUT2D eigenvalue weighted by atomic mass is 16.5.